The average Bonchev–Trinajstić information content (AvgIpc) is 2.56. The molecule has 24 heavy (non-hydrogen) atoms. The van der Waals surface area contributed by atoms with E-state index in [9.17, 15) is 9.59 Å². The van der Waals surface area contributed by atoms with Crippen LogP contribution in [0.1, 0.15) is 24.2 Å². The molecule has 0 bridgehead atoms. The van der Waals surface area contributed by atoms with Crippen molar-refractivity contribution in [2.45, 2.75) is 20.0 Å². The number of carbonyl (C=O) groups excluding carboxylic acids is 2. The van der Waals surface area contributed by atoms with Crippen LogP contribution in [-0.2, 0) is 14.3 Å². The van der Waals surface area contributed by atoms with Gasteiger partial charge in [0.25, 0.3) is 5.91 Å². The van der Waals surface area contributed by atoms with Crippen LogP contribution in [-0.4, -0.2) is 52.0 Å². The van der Waals surface area contributed by atoms with Crippen molar-refractivity contribution in [3.05, 3.63) is 22.7 Å². The van der Waals surface area contributed by atoms with Crippen molar-refractivity contribution < 1.29 is 28.5 Å². The summed E-state index contributed by atoms with van der Waals surface area (Å²) in [5.41, 5.74) is 0.164. The molecule has 7 nitrogen and oxygen atoms in total. The lowest BCUT2D eigenvalue weighted by atomic mass is 10.2. The van der Waals surface area contributed by atoms with Gasteiger partial charge in [-0.25, -0.2) is 4.79 Å². The predicted molar refractivity (Wildman–Crippen MR) is 88.9 cm³/mol. The predicted octanol–water partition coefficient (Wildman–Crippen LogP) is 2.06. The Morgan fingerprint density at radius 2 is 2.00 bits per heavy atom. The van der Waals surface area contributed by atoms with E-state index in [4.69, 9.17) is 30.5 Å². The monoisotopic (exact) mass is 359 g/mol. The van der Waals surface area contributed by atoms with Gasteiger partial charge in [0.1, 0.15) is 0 Å². The molecular weight excluding hydrogens is 338 g/mol. The lowest BCUT2D eigenvalue weighted by molar-refractivity contribution is -0.129. The van der Waals surface area contributed by atoms with Crippen LogP contribution >= 0.6 is 11.6 Å². The molecule has 0 unspecified atom stereocenters. The number of ether oxygens (including phenoxy) is 4. The van der Waals surface area contributed by atoms with Gasteiger partial charge in [0.15, 0.2) is 17.6 Å². The fourth-order valence-electron chi connectivity index (χ4n) is 1.82. The maximum absolute atomic E-state index is 12.2. The van der Waals surface area contributed by atoms with Crippen molar-refractivity contribution >= 4 is 23.5 Å². The first kappa shape index (κ1) is 20.1. The SMILES string of the molecule is CCOc1c(Cl)cc(C(=O)O[C@@H](C)C(=O)NCCOC)cc1OC. The number of halogens is 1. The zero-order valence-electron chi connectivity index (χ0n) is 14.2. The number of hydrogen-bond donors (Lipinski definition) is 1. The molecule has 0 radical (unpaired) electrons. The van der Waals surface area contributed by atoms with E-state index in [0.29, 0.717) is 31.3 Å². The van der Waals surface area contributed by atoms with E-state index in [0.717, 1.165) is 0 Å². The van der Waals surface area contributed by atoms with Crippen LogP contribution in [0.5, 0.6) is 11.5 Å². The van der Waals surface area contributed by atoms with Crippen LogP contribution < -0.4 is 14.8 Å². The molecule has 1 amide bonds. The normalized spacial score (nSPS) is 11.5. The minimum absolute atomic E-state index is 0.164. The van der Waals surface area contributed by atoms with E-state index in [-0.39, 0.29) is 10.6 Å². The molecule has 0 aliphatic carbocycles. The number of benzene rings is 1. The van der Waals surface area contributed by atoms with E-state index in [1.807, 2.05) is 6.92 Å². The lowest BCUT2D eigenvalue weighted by Gasteiger charge is -2.15. The molecule has 1 atom stereocenters. The minimum atomic E-state index is -0.953. The maximum Gasteiger partial charge on any atom is 0.339 e. The fourth-order valence-corrected chi connectivity index (χ4v) is 2.09. The molecule has 0 saturated carbocycles. The van der Waals surface area contributed by atoms with Gasteiger partial charge in [-0.05, 0) is 26.0 Å². The molecule has 134 valence electrons. The Morgan fingerprint density at radius 3 is 2.58 bits per heavy atom. The van der Waals surface area contributed by atoms with Gasteiger partial charge in [-0.15, -0.1) is 0 Å². The molecule has 1 N–H and O–H groups in total. The zero-order chi connectivity index (χ0) is 18.1. The highest BCUT2D eigenvalue weighted by Gasteiger charge is 2.21. The highest BCUT2D eigenvalue weighted by atomic mass is 35.5. The first-order valence-corrected chi connectivity index (χ1v) is 7.80. The topological polar surface area (TPSA) is 83.1 Å². The Balaban J connectivity index is 2.80. The summed E-state index contributed by atoms with van der Waals surface area (Å²) in [4.78, 5) is 24.0. The van der Waals surface area contributed by atoms with Gasteiger partial charge >= 0.3 is 5.97 Å². The number of amides is 1. The third kappa shape index (κ3) is 5.58. The van der Waals surface area contributed by atoms with Gasteiger partial charge in [0, 0.05) is 13.7 Å². The van der Waals surface area contributed by atoms with Crippen molar-refractivity contribution in [2.75, 3.05) is 34.0 Å². The standard InChI is InChI=1S/C16H22ClNO6/c1-5-23-14-12(17)8-11(9-13(14)22-4)16(20)24-10(2)15(19)18-6-7-21-3/h8-10H,5-7H2,1-4H3,(H,18,19)/t10-/m0/s1. The largest absolute Gasteiger partial charge is 0.493 e. The Bertz CT molecular complexity index is 578. The fraction of sp³-hybridized carbons (Fsp3) is 0.500. The van der Waals surface area contributed by atoms with Crippen LogP contribution in [0, 0.1) is 0 Å². The van der Waals surface area contributed by atoms with Crippen molar-refractivity contribution in [3.63, 3.8) is 0 Å². The molecule has 0 fully saturated rings. The second-order valence-electron chi connectivity index (χ2n) is 4.75. The summed E-state index contributed by atoms with van der Waals surface area (Å²) in [5, 5.41) is 2.81. The van der Waals surface area contributed by atoms with Gasteiger partial charge in [-0.2, -0.15) is 0 Å². The van der Waals surface area contributed by atoms with Gasteiger partial charge in [-0.1, -0.05) is 11.6 Å². The molecular formula is C16H22ClNO6. The van der Waals surface area contributed by atoms with E-state index in [1.165, 1.54) is 33.3 Å². The number of carbonyl (C=O) groups is 2. The summed E-state index contributed by atoms with van der Waals surface area (Å²) >= 11 is 6.11. The Hall–Kier alpha value is -1.99. The Morgan fingerprint density at radius 1 is 1.29 bits per heavy atom. The summed E-state index contributed by atoms with van der Waals surface area (Å²) in [6.07, 6.45) is -0.953. The molecule has 1 aromatic rings. The maximum atomic E-state index is 12.2. The minimum Gasteiger partial charge on any atom is -0.493 e. The first-order chi connectivity index (χ1) is 11.4. The molecule has 1 aromatic carbocycles. The van der Waals surface area contributed by atoms with Crippen molar-refractivity contribution in [1.29, 1.82) is 0 Å². The molecule has 0 spiro atoms. The average molecular weight is 360 g/mol. The van der Waals surface area contributed by atoms with E-state index < -0.39 is 18.0 Å². The second-order valence-corrected chi connectivity index (χ2v) is 5.16. The number of hydrogen-bond acceptors (Lipinski definition) is 6. The van der Waals surface area contributed by atoms with Crippen LogP contribution in [0.2, 0.25) is 5.02 Å². The summed E-state index contributed by atoms with van der Waals surface area (Å²) < 4.78 is 20.5. The quantitative estimate of drug-likeness (QED) is 0.536. The number of rotatable bonds is 9. The molecule has 0 aliphatic rings. The zero-order valence-corrected chi connectivity index (χ0v) is 14.9. The van der Waals surface area contributed by atoms with Gasteiger partial charge < -0.3 is 24.3 Å². The van der Waals surface area contributed by atoms with Crippen molar-refractivity contribution in [1.82, 2.24) is 5.32 Å². The number of esters is 1. The molecule has 0 heterocycles. The highest BCUT2D eigenvalue weighted by molar-refractivity contribution is 6.32. The molecule has 1 rings (SSSR count). The number of methoxy groups -OCH3 is 2. The summed E-state index contributed by atoms with van der Waals surface area (Å²) in [6.45, 7) is 4.39. The third-order valence-electron chi connectivity index (χ3n) is 3.01. The van der Waals surface area contributed by atoms with Gasteiger partial charge in [0.05, 0.1) is 30.9 Å². The second kappa shape index (κ2) is 10.00. The third-order valence-corrected chi connectivity index (χ3v) is 3.29. The molecule has 0 saturated heterocycles. The highest BCUT2D eigenvalue weighted by Crippen LogP contribution is 2.36. The van der Waals surface area contributed by atoms with Crippen molar-refractivity contribution in [3.8, 4) is 11.5 Å². The van der Waals surface area contributed by atoms with E-state index in [2.05, 4.69) is 5.32 Å². The smallest absolute Gasteiger partial charge is 0.339 e. The first-order valence-electron chi connectivity index (χ1n) is 7.42. The molecule has 0 aliphatic heterocycles. The van der Waals surface area contributed by atoms with Crippen LogP contribution in [0.25, 0.3) is 0 Å². The number of nitrogens with one attached hydrogen (secondary N) is 1. The van der Waals surface area contributed by atoms with Gasteiger partial charge in [-0.3, -0.25) is 4.79 Å². The lowest BCUT2D eigenvalue weighted by Crippen LogP contribution is -2.37. The summed E-state index contributed by atoms with van der Waals surface area (Å²) in [6, 6.07) is 2.86. The van der Waals surface area contributed by atoms with Crippen LogP contribution in [0.3, 0.4) is 0 Å². The van der Waals surface area contributed by atoms with Crippen LogP contribution in [0.15, 0.2) is 12.1 Å². The Kier molecular flexibility index (Phi) is 8.35. The van der Waals surface area contributed by atoms with Crippen LogP contribution in [0.4, 0.5) is 0 Å². The van der Waals surface area contributed by atoms with Gasteiger partial charge in [0.2, 0.25) is 0 Å². The molecule has 0 aromatic heterocycles. The van der Waals surface area contributed by atoms with E-state index >= 15 is 0 Å². The Labute approximate surface area is 146 Å². The van der Waals surface area contributed by atoms with E-state index in [1.54, 1.807) is 0 Å². The molecule has 8 heteroatoms. The summed E-state index contributed by atoms with van der Waals surface area (Å²) in [5.74, 6) is -0.436. The summed E-state index contributed by atoms with van der Waals surface area (Å²) in [7, 11) is 2.97. The van der Waals surface area contributed by atoms with Crippen molar-refractivity contribution in [2.24, 2.45) is 0 Å².